The lowest BCUT2D eigenvalue weighted by Gasteiger charge is -2.00. The number of Topliss-reactive ketones (excluding diaryl/α,β-unsaturated/α-hetero) is 1. The van der Waals surface area contributed by atoms with E-state index in [1.807, 2.05) is 0 Å². The second-order valence-electron chi connectivity index (χ2n) is 2.60. The molecule has 0 saturated carbocycles. The van der Waals surface area contributed by atoms with Crippen molar-refractivity contribution in [1.29, 1.82) is 0 Å². The highest BCUT2D eigenvalue weighted by molar-refractivity contribution is 7.91. The lowest BCUT2D eigenvalue weighted by atomic mass is 10.4. The second kappa shape index (κ2) is 5.27. The van der Waals surface area contributed by atoms with Crippen LogP contribution in [0.15, 0.2) is 0 Å². The van der Waals surface area contributed by atoms with Crippen LogP contribution in [0.2, 0.25) is 0 Å². The minimum Gasteiger partial charge on any atom is -0.384 e. The Hall–Kier alpha value is -0.420. The van der Waals surface area contributed by atoms with E-state index in [-0.39, 0.29) is 30.3 Å². The van der Waals surface area contributed by atoms with Crippen LogP contribution in [0.25, 0.3) is 0 Å². The number of carbonyl (C=O) groups excluding carboxylic acids is 1. The first-order chi connectivity index (χ1) is 5.48. The molecule has 0 radical (unpaired) electrons. The van der Waals surface area contributed by atoms with Crippen molar-refractivity contribution in [2.45, 2.75) is 13.3 Å². The van der Waals surface area contributed by atoms with E-state index in [4.69, 9.17) is 0 Å². The molecule has 0 aromatic carbocycles. The zero-order chi connectivity index (χ0) is 9.61. The summed E-state index contributed by atoms with van der Waals surface area (Å²) in [5.74, 6) is -0.168. The summed E-state index contributed by atoms with van der Waals surface area (Å²) in [4.78, 5) is 10.5. The van der Waals surface area contributed by atoms with Gasteiger partial charge in [0.1, 0.15) is 5.78 Å². The third-order valence-corrected chi connectivity index (χ3v) is 2.98. The Kier molecular flexibility index (Phi) is 5.08. The molecule has 0 aromatic rings. The molecule has 0 amide bonds. The fourth-order valence-corrected chi connectivity index (χ4v) is 1.83. The molecular formula is C7H14O4S. The monoisotopic (exact) mass is 194 g/mol. The van der Waals surface area contributed by atoms with Gasteiger partial charge >= 0.3 is 0 Å². The summed E-state index contributed by atoms with van der Waals surface area (Å²) in [5, 5.41) is 0. The number of ketones is 1. The molecule has 0 bridgehead atoms. The van der Waals surface area contributed by atoms with Crippen molar-refractivity contribution >= 4 is 15.6 Å². The molecule has 0 unspecified atom stereocenters. The molecule has 0 aliphatic carbocycles. The van der Waals surface area contributed by atoms with E-state index >= 15 is 0 Å². The maximum atomic E-state index is 11.1. The Labute approximate surface area is 72.8 Å². The maximum absolute atomic E-state index is 11.1. The van der Waals surface area contributed by atoms with Crippen LogP contribution < -0.4 is 0 Å². The quantitative estimate of drug-likeness (QED) is 0.598. The van der Waals surface area contributed by atoms with Gasteiger partial charge in [-0.05, 0) is 6.92 Å². The van der Waals surface area contributed by atoms with Gasteiger partial charge in [-0.2, -0.15) is 0 Å². The first-order valence-electron chi connectivity index (χ1n) is 3.67. The summed E-state index contributed by atoms with van der Waals surface area (Å²) in [7, 11) is -1.64. The van der Waals surface area contributed by atoms with Crippen molar-refractivity contribution in [2.75, 3.05) is 25.2 Å². The molecule has 0 saturated heterocycles. The van der Waals surface area contributed by atoms with Crippen LogP contribution in [0.1, 0.15) is 13.3 Å². The number of rotatable bonds is 6. The van der Waals surface area contributed by atoms with Gasteiger partial charge in [-0.3, -0.25) is 4.79 Å². The highest BCUT2D eigenvalue weighted by atomic mass is 32.2. The van der Waals surface area contributed by atoms with Gasteiger partial charge in [-0.1, -0.05) is 0 Å². The summed E-state index contributed by atoms with van der Waals surface area (Å²) in [6.07, 6.45) is 0.103. The predicted octanol–water partition coefficient (Wildman–Crippen LogP) is 0.0267. The van der Waals surface area contributed by atoms with Crippen LogP contribution in [-0.4, -0.2) is 39.4 Å². The molecule has 0 rings (SSSR count). The molecule has 12 heavy (non-hydrogen) atoms. The van der Waals surface area contributed by atoms with E-state index in [1.54, 1.807) is 0 Å². The first-order valence-corrected chi connectivity index (χ1v) is 5.49. The molecule has 0 aliphatic rings. The Bertz CT molecular complexity index is 230. The van der Waals surface area contributed by atoms with Crippen molar-refractivity contribution in [2.24, 2.45) is 0 Å². The van der Waals surface area contributed by atoms with Crippen LogP contribution in [0.3, 0.4) is 0 Å². The summed E-state index contributed by atoms with van der Waals surface area (Å²) < 4.78 is 26.7. The van der Waals surface area contributed by atoms with Gasteiger partial charge in [-0.25, -0.2) is 8.42 Å². The van der Waals surface area contributed by atoms with Gasteiger partial charge < -0.3 is 4.74 Å². The van der Waals surface area contributed by atoms with Crippen molar-refractivity contribution in [3.8, 4) is 0 Å². The molecule has 0 aromatic heterocycles. The number of hydrogen-bond acceptors (Lipinski definition) is 4. The molecule has 72 valence electrons. The fraction of sp³-hybridized carbons (Fsp3) is 0.857. The summed E-state index contributed by atoms with van der Waals surface area (Å²) in [6, 6.07) is 0. The molecule has 0 N–H and O–H groups in total. The first kappa shape index (κ1) is 11.6. The number of sulfone groups is 1. The van der Waals surface area contributed by atoms with Crippen LogP contribution in [0.5, 0.6) is 0 Å². The van der Waals surface area contributed by atoms with Gasteiger partial charge in [0.2, 0.25) is 0 Å². The summed E-state index contributed by atoms with van der Waals surface area (Å²) >= 11 is 0. The second-order valence-corrected chi connectivity index (χ2v) is 4.90. The molecule has 0 atom stereocenters. The Morgan fingerprint density at radius 3 is 2.33 bits per heavy atom. The summed E-state index contributed by atoms with van der Waals surface area (Å²) in [6.45, 7) is 1.58. The molecule has 4 nitrogen and oxygen atoms in total. The third-order valence-electron chi connectivity index (χ3n) is 1.36. The average Bonchev–Trinajstić information content (AvgIpc) is 1.98. The smallest absolute Gasteiger partial charge is 0.153 e. The van der Waals surface area contributed by atoms with E-state index in [0.717, 1.165) is 0 Å². The molecule has 0 heterocycles. The van der Waals surface area contributed by atoms with Crippen molar-refractivity contribution < 1.29 is 17.9 Å². The zero-order valence-corrected chi connectivity index (χ0v) is 8.19. The molecule has 0 fully saturated rings. The predicted molar refractivity (Wildman–Crippen MR) is 45.8 cm³/mol. The van der Waals surface area contributed by atoms with Gasteiger partial charge in [0.05, 0.1) is 18.1 Å². The van der Waals surface area contributed by atoms with Gasteiger partial charge in [-0.15, -0.1) is 0 Å². The lowest BCUT2D eigenvalue weighted by molar-refractivity contribution is -0.116. The zero-order valence-electron chi connectivity index (χ0n) is 7.37. The SMILES string of the molecule is COCCS(=O)(=O)CCC(C)=O. The lowest BCUT2D eigenvalue weighted by Crippen LogP contribution is -2.16. The van der Waals surface area contributed by atoms with E-state index < -0.39 is 9.84 Å². The molecular weight excluding hydrogens is 180 g/mol. The standard InChI is InChI=1S/C7H14O4S/c1-7(8)3-5-12(9,10)6-4-11-2/h3-6H2,1-2H3. The maximum Gasteiger partial charge on any atom is 0.153 e. The summed E-state index contributed by atoms with van der Waals surface area (Å²) in [5.41, 5.74) is 0. The fourth-order valence-electron chi connectivity index (χ4n) is 0.612. The Morgan fingerprint density at radius 2 is 1.92 bits per heavy atom. The highest BCUT2D eigenvalue weighted by Gasteiger charge is 2.10. The topological polar surface area (TPSA) is 60.4 Å². The average molecular weight is 194 g/mol. The van der Waals surface area contributed by atoms with Crippen LogP contribution in [-0.2, 0) is 19.4 Å². The van der Waals surface area contributed by atoms with Crippen LogP contribution in [0, 0.1) is 0 Å². The minimum absolute atomic E-state index is 0.00319. The minimum atomic E-state index is -3.08. The Morgan fingerprint density at radius 1 is 1.33 bits per heavy atom. The van der Waals surface area contributed by atoms with E-state index in [0.29, 0.717) is 0 Å². The number of hydrogen-bond donors (Lipinski definition) is 0. The number of carbonyl (C=O) groups is 1. The largest absolute Gasteiger partial charge is 0.384 e. The third kappa shape index (κ3) is 6.30. The molecule has 5 heteroatoms. The Balaban J connectivity index is 3.80. The van der Waals surface area contributed by atoms with E-state index in [1.165, 1.54) is 14.0 Å². The van der Waals surface area contributed by atoms with Crippen molar-refractivity contribution in [3.05, 3.63) is 0 Å². The van der Waals surface area contributed by atoms with Gasteiger partial charge in [0, 0.05) is 13.5 Å². The van der Waals surface area contributed by atoms with Crippen LogP contribution in [0.4, 0.5) is 0 Å². The number of methoxy groups -OCH3 is 1. The number of ether oxygens (including phenoxy) is 1. The highest BCUT2D eigenvalue weighted by Crippen LogP contribution is 1.94. The molecule has 0 spiro atoms. The van der Waals surface area contributed by atoms with Gasteiger partial charge in [0.25, 0.3) is 0 Å². The van der Waals surface area contributed by atoms with Gasteiger partial charge in [0.15, 0.2) is 9.84 Å². The van der Waals surface area contributed by atoms with E-state index in [2.05, 4.69) is 4.74 Å². The van der Waals surface area contributed by atoms with Crippen molar-refractivity contribution in [1.82, 2.24) is 0 Å². The molecule has 0 aliphatic heterocycles. The van der Waals surface area contributed by atoms with Crippen LogP contribution >= 0.6 is 0 Å². The van der Waals surface area contributed by atoms with Crippen molar-refractivity contribution in [3.63, 3.8) is 0 Å². The normalized spacial score (nSPS) is 11.5. The van der Waals surface area contributed by atoms with E-state index in [9.17, 15) is 13.2 Å².